The third-order valence-electron chi connectivity index (χ3n) is 3.98. The smallest absolute Gasteiger partial charge is 0.132 e. The average Bonchev–Trinajstić information content (AvgIpc) is 2.26. The zero-order chi connectivity index (χ0) is 17.3. The molecule has 0 saturated heterocycles. The highest BCUT2D eigenvalue weighted by Crippen LogP contribution is 2.42. The van der Waals surface area contributed by atoms with Crippen LogP contribution in [0.3, 0.4) is 0 Å². The second kappa shape index (κ2) is 6.68. The summed E-state index contributed by atoms with van der Waals surface area (Å²) in [6.07, 6.45) is 0.838. The van der Waals surface area contributed by atoms with Crippen molar-refractivity contribution in [1.82, 2.24) is 0 Å². The third kappa shape index (κ3) is 5.41. The molecule has 1 aromatic carbocycles. The first-order chi connectivity index (χ1) is 9.73. The van der Waals surface area contributed by atoms with Crippen molar-refractivity contribution < 1.29 is 4.74 Å². The normalized spacial score (nSPS) is 13.6. The topological polar surface area (TPSA) is 9.23 Å². The van der Waals surface area contributed by atoms with Crippen molar-refractivity contribution in [1.29, 1.82) is 0 Å². The van der Waals surface area contributed by atoms with E-state index in [1.807, 2.05) is 0 Å². The molecule has 0 heterocycles. The Kier molecular flexibility index (Phi) is 6.00. The Balaban J connectivity index is 2.92. The van der Waals surface area contributed by atoms with Crippen molar-refractivity contribution >= 4 is 24.7 Å². The molecule has 0 amide bonds. The zero-order valence-electron chi connectivity index (χ0n) is 15.7. The monoisotopic (exact) mass is 383 g/mol. The highest BCUT2D eigenvalue weighted by atomic mass is 79.9. The van der Waals surface area contributed by atoms with E-state index in [0.29, 0.717) is 10.1 Å². The first-order valence-electron chi connectivity index (χ1n) is 8.02. The Morgan fingerprint density at radius 3 is 1.77 bits per heavy atom. The number of hydrogen-bond acceptors (Lipinski definition) is 1. The van der Waals surface area contributed by atoms with E-state index < -0.39 is 8.80 Å². The molecule has 0 unspecified atom stereocenters. The van der Waals surface area contributed by atoms with E-state index in [2.05, 4.69) is 96.4 Å². The highest BCUT2D eigenvalue weighted by molar-refractivity contribution is 9.10. The summed E-state index contributed by atoms with van der Waals surface area (Å²) >= 11 is 3.68. The van der Waals surface area contributed by atoms with Gasteiger partial charge in [-0.3, -0.25) is 0 Å². The van der Waals surface area contributed by atoms with Crippen LogP contribution in [0.4, 0.5) is 0 Å². The molecule has 0 N–H and O–H groups in total. The lowest BCUT2D eigenvalue weighted by atomic mass is 9.87. The van der Waals surface area contributed by atoms with E-state index in [4.69, 9.17) is 4.74 Å². The Bertz CT molecular complexity index is 490. The maximum atomic E-state index is 6.22. The standard InChI is InChI=1S/C19H32BrOSi/c1-17(2,3)14-10-11-16(15(20)12-14)21-13-22(18(4,5)6)19(7,8)9/h10-12H,13H2,1-9H3. The summed E-state index contributed by atoms with van der Waals surface area (Å²) in [5.74, 6) is 0.962. The van der Waals surface area contributed by atoms with Crippen molar-refractivity contribution in [3.63, 3.8) is 0 Å². The molecule has 0 spiro atoms. The Morgan fingerprint density at radius 2 is 1.41 bits per heavy atom. The van der Waals surface area contributed by atoms with Crippen molar-refractivity contribution in [2.45, 2.75) is 77.8 Å². The second-order valence-electron chi connectivity index (χ2n) is 9.16. The van der Waals surface area contributed by atoms with Crippen LogP contribution in [-0.2, 0) is 5.41 Å². The van der Waals surface area contributed by atoms with Gasteiger partial charge in [-0.15, -0.1) is 0 Å². The zero-order valence-corrected chi connectivity index (χ0v) is 18.3. The Morgan fingerprint density at radius 1 is 0.909 bits per heavy atom. The average molecular weight is 384 g/mol. The molecule has 0 aliphatic carbocycles. The van der Waals surface area contributed by atoms with Crippen molar-refractivity contribution in [2.24, 2.45) is 0 Å². The van der Waals surface area contributed by atoms with E-state index in [1.54, 1.807) is 0 Å². The van der Waals surface area contributed by atoms with Gasteiger partial charge >= 0.3 is 0 Å². The third-order valence-corrected chi connectivity index (χ3v) is 8.65. The van der Waals surface area contributed by atoms with Gasteiger partial charge in [0.25, 0.3) is 0 Å². The van der Waals surface area contributed by atoms with Crippen molar-refractivity contribution in [2.75, 3.05) is 6.23 Å². The Labute approximate surface area is 147 Å². The van der Waals surface area contributed by atoms with Gasteiger partial charge in [0.1, 0.15) is 14.5 Å². The number of hydrogen-bond donors (Lipinski definition) is 0. The maximum absolute atomic E-state index is 6.22. The summed E-state index contributed by atoms with van der Waals surface area (Å²) < 4.78 is 7.28. The molecule has 3 heteroatoms. The van der Waals surface area contributed by atoms with Crippen LogP contribution in [-0.4, -0.2) is 15.0 Å². The molecule has 0 aliphatic rings. The fourth-order valence-electron chi connectivity index (χ4n) is 2.79. The molecule has 1 rings (SSSR count). The summed E-state index contributed by atoms with van der Waals surface area (Å²) in [6, 6.07) is 6.48. The summed E-state index contributed by atoms with van der Waals surface area (Å²) in [6.45, 7) is 20.7. The summed E-state index contributed by atoms with van der Waals surface area (Å²) in [4.78, 5) is 0. The first kappa shape index (κ1) is 19.8. The number of rotatable bonds is 3. The van der Waals surface area contributed by atoms with Gasteiger partial charge in [0.05, 0.1) is 10.7 Å². The highest BCUT2D eigenvalue weighted by Gasteiger charge is 2.37. The van der Waals surface area contributed by atoms with Gasteiger partial charge in [-0.1, -0.05) is 68.4 Å². The predicted octanol–water partition coefficient (Wildman–Crippen LogP) is 6.76. The van der Waals surface area contributed by atoms with Crippen LogP contribution in [0.5, 0.6) is 5.75 Å². The summed E-state index contributed by atoms with van der Waals surface area (Å²) in [7, 11) is -0.671. The molecule has 125 valence electrons. The van der Waals surface area contributed by atoms with E-state index in [1.165, 1.54) is 5.56 Å². The van der Waals surface area contributed by atoms with Crippen LogP contribution in [0, 0.1) is 0 Å². The molecule has 0 bridgehead atoms. The van der Waals surface area contributed by atoms with Crippen LogP contribution in [0.1, 0.15) is 67.9 Å². The van der Waals surface area contributed by atoms with Gasteiger partial charge in [-0.2, -0.15) is 0 Å². The van der Waals surface area contributed by atoms with Crippen LogP contribution in [0.15, 0.2) is 22.7 Å². The molecular weight excluding hydrogens is 352 g/mol. The minimum Gasteiger partial charge on any atom is -0.496 e. The molecular formula is C19H32BrOSi. The molecule has 22 heavy (non-hydrogen) atoms. The summed E-state index contributed by atoms with van der Waals surface area (Å²) in [5.41, 5.74) is 1.48. The van der Waals surface area contributed by atoms with Gasteiger partial charge in [0.15, 0.2) is 0 Å². The number of halogens is 1. The lowest BCUT2D eigenvalue weighted by Gasteiger charge is -2.38. The number of benzene rings is 1. The predicted molar refractivity (Wildman–Crippen MR) is 104 cm³/mol. The minimum atomic E-state index is -0.671. The SMILES string of the molecule is CC(C)(C)c1ccc(OC[Si](C(C)(C)C)C(C)(C)C)c(Br)c1. The fourth-order valence-corrected chi connectivity index (χ4v) is 6.70. The quantitative estimate of drug-likeness (QED) is 0.523. The van der Waals surface area contributed by atoms with E-state index in [0.717, 1.165) is 16.5 Å². The van der Waals surface area contributed by atoms with Crippen LogP contribution in [0.2, 0.25) is 10.1 Å². The van der Waals surface area contributed by atoms with E-state index in [9.17, 15) is 0 Å². The van der Waals surface area contributed by atoms with Crippen molar-refractivity contribution in [3.8, 4) is 5.75 Å². The molecule has 1 aromatic rings. The number of ether oxygens (including phenoxy) is 1. The van der Waals surface area contributed by atoms with E-state index >= 15 is 0 Å². The molecule has 0 atom stereocenters. The molecule has 1 radical (unpaired) electrons. The van der Waals surface area contributed by atoms with E-state index in [-0.39, 0.29) is 5.41 Å². The van der Waals surface area contributed by atoms with Gasteiger partial charge < -0.3 is 4.74 Å². The first-order valence-corrected chi connectivity index (χ1v) is 10.5. The second-order valence-corrected chi connectivity index (χ2v) is 14.3. The molecule has 0 fully saturated rings. The van der Waals surface area contributed by atoms with Crippen LogP contribution < -0.4 is 4.74 Å². The fraction of sp³-hybridized carbons (Fsp3) is 0.684. The minimum absolute atomic E-state index is 0.160. The molecule has 0 aliphatic heterocycles. The Hall–Kier alpha value is -0.283. The largest absolute Gasteiger partial charge is 0.496 e. The molecule has 1 nitrogen and oxygen atoms in total. The molecule has 0 aromatic heterocycles. The van der Waals surface area contributed by atoms with Crippen LogP contribution >= 0.6 is 15.9 Å². The lowest BCUT2D eigenvalue weighted by Crippen LogP contribution is -2.40. The van der Waals surface area contributed by atoms with Crippen LogP contribution in [0.25, 0.3) is 0 Å². The van der Waals surface area contributed by atoms with Gasteiger partial charge in [0, 0.05) is 0 Å². The van der Waals surface area contributed by atoms with Gasteiger partial charge in [0.2, 0.25) is 0 Å². The maximum Gasteiger partial charge on any atom is 0.132 e. The van der Waals surface area contributed by atoms with Crippen molar-refractivity contribution in [3.05, 3.63) is 28.2 Å². The van der Waals surface area contributed by atoms with Gasteiger partial charge in [-0.05, 0) is 49.1 Å². The lowest BCUT2D eigenvalue weighted by molar-refractivity contribution is 0.365. The van der Waals surface area contributed by atoms with Gasteiger partial charge in [-0.25, -0.2) is 0 Å². The summed E-state index contributed by atoms with van der Waals surface area (Å²) in [5, 5.41) is 0.640. The molecule has 0 saturated carbocycles.